The maximum atomic E-state index is 14.0. The number of rotatable bonds is 20. The fraction of sp³-hybridized carbons (Fsp3) is 0.267. The number of amides is 4. The number of carboxylic acid groups (broad SMARTS) is 1. The topological polar surface area (TPSA) is 183 Å². The number of hydrogen-bond donors (Lipinski definition) is 6. The third-order valence-electron chi connectivity index (χ3n) is 9.83. The Morgan fingerprint density at radius 2 is 1.19 bits per heavy atom. The van der Waals surface area contributed by atoms with Crippen LogP contribution in [0.5, 0.6) is 5.75 Å². The average molecular weight is 773 g/mol. The molecule has 12 heteroatoms. The van der Waals surface area contributed by atoms with E-state index in [1.54, 1.807) is 48.6 Å². The van der Waals surface area contributed by atoms with Gasteiger partial charge in [0.15, 0.2) is 0 Å². The lowest BCUT2D eigenvalue weighted by Gasteiger charge is -2.25. The highest BCUT2D eigenvalue weighted by Gasteiger charge is 2.32. The van der Waals surface area contributed by atoms with E-state index < -0.39 is 47.9 Å². The van der Waals surface area contributed by atoms with Gasteiger partial charge in [0, 0.05) is 18.9 Å². The van der Waals surface area contributed by atoms with Gasteiger partial charge in [0.1, 0.15) is 30.5 Å². The summed E-state index contributed by atoms with van der Waals surface area (Å²) in [6, 6.07) is 25.6. The van der Waals surface area contributed by atoms with Crippen molar-refractivity contribution in [1.82, 2.24) is 21.3 Å². The van der Waals surface area contributed by atoms with Gasteiger partial charge >= 0.3 is 12.1 Å². The van der Waals surface area contributed by atoms with E-state index in [9.17, 15) is 34.2 Å². The van der Waals surface area contributed by atoms with Crippen LogP contribution < -0.4 is 21.3 Å². The predicted molar refractivity (Wildman–Crippen MR) is 216 cm³/mol. The van der Waals surface area contributed by atoms with Crippen LogP contribution in [0.15, 0.2) is 122 Å². The number of allylic oxidation sites excluding steroid dienone is 2. The summed E-state index contributed by atoms with van der Waals surface area (Å²) in [4.78, 5) is 66.1. The molecule has 57 heavy (non-hydrogen) atoms. The van der Waals surface area contributed by atoms with E-state index in [2.05, 4.69) is 34.4 Å². The minimum atomic E-state index is -1.20. The highest BCUT2D eigenvalue weighted by Crippen LogP contribution is 2.44. The summed E-state index contributed by atoms with van der Waals surface area (Å²) in [5, 5.41) is 30.2. The Kier molecular flexibility index (Phi) is 14.8. The van der Waals surface area contributed by atoms with Crippen LogP contribution in [0.3, 0.4) is 0 Å². The second kappa shape index (κ2) is 20.3. The number of alkyl carbamates (subject to hydrolysis) is 1. The lowest BCUT2D eigenvalue weighted by Crippen LogP contribution is -2.57. The minimum absolute atomic E-state index is 0.00463. The number of carbonyl (C=O) groups is 5. The lowest BCUT2D eigenvalue weighted by molar-refractivity contribution is -0.136. The van der Waals surface area contributed by atoms with E-state index >= 15 is 0 Å². The molecule has 0 spiro atoms. The van der Waals surface area contributed by atoms with Crippen molar-refractivity contribution in [3.05, 3.63) is 150 Å². The van der Waals surface area contributed by atoms with Crippen molar-refractivity contribution in [2.75, 3.05) is 6.61 Å². The molecule has 0 saturated carbocycles. The van der Waals surface area contributed by atoms with E-state index in [-0.39, 0.29) is 50.5 Å². The third-order valence-corrected chi connectivity index (χ3v) is 9.83. The van der Waals surface area contributed by atoms with Crippen molar-refractivity contribution in [2.24, 2.45) is 0 Å². The summed E-state index contributed by atoms with van der Waals surface area (Å²) >= 11 is 0. The fourth-order valence-electron chi connectivity index (χ4n) is 6.88. The molecule has 0 heterocycles. The molecule has 6 N–H and O–H groups in total. The highest BCUT2D eigenvalue weighted by molar-refractivity contribution is 5.94. The summed E-state index contributed by atoms with van der Waals surface area (Å²) in [6.07, 6.45) is 3.33. The standard InChI is InChI=1S/C45H48N4O8/c1-3-5-19-38(42(53)46-27-31-14-8-7-13-30(31)26-41(51)52)47-44(55)40(25-29-21-23-32(50)24-22-29)48-43(54)39(20-6-4-2)49-45(56)57-28-37-35-17-11-9-15-33(35)34-16-10-12-18-36(34)37/h3-4,7-18,21-24,37-40,50H,1-2,5-6,19-20,25-28H2,(H,46,53)(H,47,55)(H,48,54)(H,49,56)(H,51,52)/t38-,39-,40-/m0/s1. The molecule has 0 aromatic heterocycles. The highest BCUT2D eigenvalue weighted by atomic mass is 16.5. The average Bonchev–Trinajstić information content (AvgIpc) is 3.53. The Morgan fingerprint density at radius 1 is 0.667 bits per heavy atom. The Bertz CT molecular complexity index is 2040. The van der Waals surface area contributed by atoms with E-state index in [0.717, 1.165) is 22.3 Å². The first-order valence-corrected chi connectivity index (χ1v) is 18.9. The molecule has 1 aliphatic rings. The second-order valence-electron chi connectivity index (χ2n) is 13.8. The van der Waals surface area contributed by atoms with Gasteiger partial charge in [0.05, 0.1) is 6.42 Å². The number of hydrogen-bond acceptors (Lipinski definition) is 7. The first-order chi connectivity index (χ1) is 27.6. The molecule has 0 bridgehead atoms. The molecule has 0 unspecified atom stereocenters. The number of benzene rings is 4. The van der Waals surface area contributed by atoms with Gasteiger partial charge in [-0.15, -0.1) is 13.2 Å². The zero-order chi connectivity index (χ0) is 40.7. The van der Waals surface area contributed by atoms with Crippen LogP contribution in [0, 0.1) is 0 Å². The number of phenols is 1. The molecule has 0 aliphatic heterocycles. The summed E-state index contributed by atoms with van der Waals surface area (Å²) in [7, 11) is 0. The van der Waals surface area contributed by atoms with Gasteiger partial charge in [0.25, 0.3) is 0 Å². The Hall–Kier alpha value is -6.69. The van der Waals surface area contributed by atoms with Gasteiger partial charge in [-0.3, -0.25) is 19.2 Å². The summed E-state index contributed by atoms with van der Waals surface area (Å²) in [6.45, 7) is 7.56. The predicted octanol–water partition coefficient (Wildman–Crippen LogP) is 5.69. The molecule has 4 amide bonds. The number of carbonyl (C=O) groups excluding carboxylic acids is 4. The molecule has 0 fully saturated rings. The van der Waals surface area contributed by atoms with Crippen LogP contribution in [0.25, 0.3) is 11.1 Å². The monoisotopic (exact) mass is 772 g/mol. The van der Waals surface area contributed by atoms with Crippen LogP contribution in [0.4, 0.5) is 4.79 Å². The van der Waals surface area contributed by atoms with Gasteiger partial charge in [-0.2, -0.15) is 0 Å². The molecule has 4 aromatic carbocycles. The molecule has 296 valence electrons. The number of aliphatic carboxylic acids is 1. The number of ether oxygens (including phenoxy) is 1. The van der Waals surface area contributed by atoms with E-state index in [1.165, 1.54) is 12.1 Å². The van der Waals surface area contributed by atoms with Gasteiger partial charge in [-0.1, -0.05) is 97.1 Å². The van der Waals surface area contributed by atoms with Crippen molar-refractivity contribution >= 4 is 29.8 Å². The summed E-state index contributed by atoms with van der Waals surface area (Å²) in [5.41, 5.74) is 6.02. The largest absolute Gasteiger partial charge is 0.508 e. The Balaban J connectivity index is 1.29. The number of nitrogens with one attached hydrogen (secondary N) is 4. The van der Waals surface area contributed by atoms with E-state index in [1.807, 2.05) is 48.5 Å². The number of fused-ring (bicyclic) bond motifs is 3. The van der Waals surface area contributed by atoms with E-state index in [0.29, 0.717) is 29.5 Å². The van der Waals surface area contributed by atoms with Gasteiger partial charge < -0.3 is 36.2 Å². The number of carboxylic acids is 1. The molecule has 3 atom stereocenters. The molecule has 5 rings (SSSR count). The van der Waals surface area contributed by atoms with Crippen molar-refractivity contribution in [2.45, 2.75) is 69.1 Å². The first-order valence-electron chi connectivity index (χ1n) is 18.9. The van der Waals surface area contributed by atoms with E-state index in [4.69, 9.17) is 4.74 Å². The van der Waals surface area contributed by atoms with Crippen LogP contribution >= 0.6 is 0 Å². The zero-order valence-electron chi connectivity index (χ0n) is 31.6. The van der Waals surface area contributed by atoms with Crippen molar-refractivity contribution in [1.29, 1.82) is 0 Å². The van der Waals surface area contributed by atoms with Crippen LogP contribution in [0.2, 0.25) is 0 Å². The second-order valence-corrected chi connectivity index (χ2v) is 13.8. The normalized spacial score (nSPS) is 13.1. The first kappa shape index (κ1) is 41.5. The van der Waals surface area contributed by atoms with Crippen molar-refractivity contribution in [3.63, 3.8) is 0 Å². The maximum Gasteiger partial charge on any atom is 0.407 e. The van der Waals surface area contributed by atoms with Crippen LogP contribution in [-0.2, 0) is 43.3 Å². The molecule has 0 saturated heterocycles. The third kappa shape index (κ3) is 11.4. The molecule has 1 aliphatic carbocycles. The van der Waals surface area contributed by atoms with Crippen LogP contribution in [0.1, 0.15) is 59.4 Å². The molecule has 12 nitrogen and oxygen atoms in total. The lowest BCUT2D eigenvalue weighted by atomic mass is 9.98. The smallest absolute Gasteiger partial charge is 0.407 e. The Labute approximate surface area is 332 Å². The quantitative estimate of drug-likeness (QED) is 0.0620. The zero-order valence-corrected chi connectivity index (χ0v) is 31.6. The number of aromatic hydroxyl groups is 1. The van der Waals surface area contributed by atoms with Gasteiger partial charge in [-0.25, -0.2) is 4.79 Å². The molecular formula is C45H48N4O8. The number of phenolic OH excluding ortho intramolecular Hbond substituents is 1. The molecular weight excluding hydrogens is 725 g/mol. The SMILES string of the molecule is C=CCC[C@H](NC(=O)OCC1c2ccccc2-c2ccccc21)C(=O)N[C@@H](Cc1ccc(O)cc1)C(=O)N[C@@H](CCC=C)C(=O)NCc1ccccc1CC(=O)O. The van der Waals surface area contributed by atoms with Crippen molar-refractivity contribution in [3.8, 4) is 16.9 Å². The maximum absolute atomic E-state index is 14.0. The van der Waals surface area contributed by atoms with Gasteiger partial charge in [0.2, 0.25) is 17.7 Å². The van der Waals surface area contributed by atoms with Crippen LogP contribution in [-0.4, -0.2) is 64.7 Å². The molecule has 0 radical (unpaired) electrons. The van der Waals surface area contributed by atoms with Gasteiger partial charge in [-0.05, 0) is 76.8 Å². The Morgan fingerprint density at radius 3 is 1.79 bits per heavy atom. The van der Waals surface area contributed by atoms with Crippen molar-refractivity contribution < 1.29 is 38.9 Å². The minimum Gasteiger partial charge on any atom is -0.508 e. The summed E-state index contributed by atoms with van der Waals surface area (Å²) in [5.74, 6) is -2.99. The summed E-state index contributed by atoms with van der Waals surface area (Å²) < 4.78 is 5.72. The molecule has 4 aromatic rings. The fourth-order valence-corrected chi connectivity index (χ4v) is 6.88.